The molecule has 2 aliphatic rings. The predicted octanol–water partition coefficient (Wildman–Crippen LogP) is 12.8. The standard InChI is InChI=1S/C31H34N4O2.C28H26F2N4O3/c1-21(2)25-10-6-7-22(3)30(25)34-31(36)33-29-14-13-26(27-8-4-5-9-28(27)29)23-11-12-24(32-19-23)20-35-15-17-37-18-16-35;29-27(30)37-26-8-4-3-7-25(26)33-28(35)32-24-12-11-21(22-5-1-2-6-23(22)24)19-9-10-20(31-17-19)18-34-13-15-36-16-14-34/h4-14,19,21H,15-18,20H2,1-3H3,(H2,33,34,36);1-12,17,27H,13-16,18H2,(H2,32,33,35). The Balaban J connectivity index is 0.000000182. The first-order valence-corrected chi connectivity index (χ1v) is 24.9. The van der Waals surface area contributed by atoms with Crippen LogP contribution >= 0.6 is 0 Å². The van der Waals surface area contributed by atoms with Crippen molar-refractivity contribution in [2.24, 2.45) is 0 Å². The Morgan fingerprint density at radius 2 is 1.03 bits per heavy atom. The number of benzene rings is 6. The normalized spacial score (nSPS) is 14.1. The minimum atomic E-state index is -2.99. The molecule has 380 valence electrons. The van der Waals surface area contributed by atoms with E-state index in [1.807, 2.05) is 98.2 Å². The van der Waals surface area contributed by atoms with E-state index in [0.29, 0.717) is 11.6 Å². The summed E-state index contributed by atoms with van der Waals surface area (Å²) in [7, 11) is 0. The molecule has 2 fully saturated rings. The number of fused-ring (bicyclic) bond motifs is 2. The number of alkyl halides is 2. The lowest BCUT2D eigenvalue weighted by Crippen LogP contribution is -2.35. The molecule has 74 heavy (non-hydrogen) atoms. The van der Waals surface area contributed by atoms with Crippen LogP contribution in [0.2, 0.25) is 0 Å². The van der Waals surface area contributed by atoms with Gasteiger partial charge in [0.15, 0.2) is 0 Å². The van der Waals surface area contributed by atoms with E-state index in [1.54, 1.807) is 12.1 Å². The number of ether oxygens (including phenoxy) is 3. The van der Waals surface area contributed by atoms with E-state index in [2.05, 4.69) is 91.0 Å². The molecule has 0 bridgehead atoms. The van der Waals surface area contributed by atoms with Gasteiger partial charge in [0.25, 0.3) is 0 Å². The molecule has 4 N–H and O–H groups in total. The molecule has 0 spiro atoms. The van der Waals surface area contributed by atoms with Crippen molar-refractivity contribution in [2.45, 2.75) is 46.4 Å². The Kier molecular flexibility index (Phi) is 16.8. The summed E-state index contributed by atoms with van der Waals surface area (Å²) in [4.78, 5) is 39.9. The molecule has 2 saturated heterocycles. The predicted molar refractivity (Wildman–Crippen MR) is 290 cm³/mol. The van der Waals surface area contributed by atoms with Gasteiger partial charge in [-0.25, -0.2) is 9.59 Å². The van der Waals surface area contributed by atoms with Gasteiger partial charge >= 0.3 is 18.7 Å². The van der Waals surface area contributed by atoms with E-state index >= 15 is 0 Å². The van der Waals surface area contributed by atoms with E-state index in [-0.39, 0.29) is 17.5 Å². The summed E-state index contributed by atoms with van der Waals surface area (Å²) in [5, 5.41) is 15.4. The average molecular weight is 999 g/mol. The van der Waals surface area contributed by atoms with Gasteiger partial charge in [-0.2, -0.15) is 8.78 Å². The summed E-state index contributed by atoms with van der Waals surface area (Å²) in [5.74, 6) is 0.196. The van der Waals surface area contributed by atoms with Crippen molar-refractivity contribution >= 4 is 56.4 Å². The van der Waals surface area contributed by atoms with Crippen molar-refractivity contribution in [3.05, 3.63) is 174 Å². The highest BCUT2D eigenvalue weighted by molar-refractivity contribution is 6.11. The van der Waals surface area contributed by atoms with Crippen LogP contribution in [0, 0.1) is 6.92 Å². The maximum atomic E-state index is 13.1. The summed E-state index contributed by atoms with van der Waals surface area (Å²) < 4.78 is 40.8. The van der Waals surface area contributed by atoms with Gasteiger partial charge in [0.2, 0.25) is 0 Å². The number of para-hydroxylation sites is 3. The van der Waals surface area contributed by atoms with Gasteiger partial charge in [-0.15, -0.1) is 0 Å². The first kappa shape index (κ1) is 51.1. The Labute approximate surface area is 429 Å². The fraction of sp³-hybridized carbons (Fsp3) is 0.254. The smallest absolute Gasteiger partial charge is 0.387 e. The number of aryl methyl sites for hydroxylation is 1. The van der Waals surface area contributed by atoms with E-state index < -0.39 is 12.6 Å². The second kappa shape index (κ2) is 24.3. The molecule has 15 heteroatoms. The number of nitrogens with zero attached hydrogens (tertiary/aromatic N) is 4. The molecule has 2 aromatic heterocycles. The third kappa shape index (κ3) is 12.9. The van der Waals surface area contributed by atoms with Crippen molar-refractivity contribution in [1.82, 2.24) is 19.8 Å². The van der Waals surface area contributed by atoms with Crippen molar-refractivity contribution < 1.29 is 32.6 Å². The number of hydrogen-bond donors (Lipinski definition) is 4. The van der Waals surface area contributed by atoms with E-state index in [4.69, 9.17) is 14.5 Å². The van der Waals surface area contributed by atoms with Crippen molar-refractivity contribution in [3.8, 4) is 28.0 Å². The summed E-state index contributed by atoms with van der Waals surface area (Å²) in [6.07, 6.45) is 3.82. The molecule has 10 rings (SSSR count). The van der Waals surface area contributed by atoms with Gasteiger partial charge < -0.3 is 35.5 Å². The molecule has 0 unspecified atom stereocenters. The van der Waals surface area contributed by atoms with Crippen LogP contribution in [-0.2, 0) is 22.6 Å². The highest BCUT2D eigenvalue weighted by atomic mass is 19.3. The maximum absolute atomic E-state index is 13.1. The largest absolute Gasteiger partial charge is 0.433 e. The van der Waals surface area contributed by atoms with Gasteiger partial charge in [-0.1, -0.05) is 117 Å². The highest BCUT2D eigenvalue weighted by Gasteiger charge is 2.18. The molecule has 8 aromatic rings. The molecule has 6 aromatic carbocycles. The van der Waals surface area contributed by atoms with Crippen LogP contribution in [0.3, 0.4) is 0 Å². The monoisotopic (exact) mass is 998 g/mol. The molecule has 0 saturated carbocycles. The van der Waals surface area contributed by atoms with Crippen LogP contribution in [0.1, 0.15) is 42.3 Å². The van der Waals surface area contributed by atoms with E-state index in [9.17, 15) is 18.4 Å². The SMILES string of the molecule is Cc1cccc(C(C)C)c1NC(=O)Nc1ccc(-c2ccc(CN3CCOCC3)nc2)c2ccccc12.O=C(Nc1ccccc1OC(F)F)Nc1ccc(-c2ccc(CN3CCOCC3)nc2)c2ccccc12. The summed E-state index contributed by atoms with van der Waals surface area (Å²) in [6.45, 7) is 11.7. The number of nitrogens with one attached hydrogen (secondary N) is 4. The molecule has 2 aliphatic heterocycles. The van der Waals surface area contributed by atoms with E-state index in [1.165, 1.54) is 12.1 Å². The first-order valence-electron chi connectivity index (χ1n) is 24.9. The van der Waals surface area contributed by atoms with Gasteiger partial charge in [-0.3, -0.25) is 19.8 Å². The zero-order valence-electron chi connectivity index (χ0n) is 41.7. The minimum absolute atomic E-state index is 0.113. The van der Waals surface area contributed by atoms with Gasteiger partial charge in [0, 0.05) is 79.2 Å². The number of carbonyl (C=O) groups is 2. The van der Waals surface area contributed by atoms with Crippen LogP contribution in [-0.4, -0.2) is 91.0 Å². The third-order valence-electron chi connectivity index (χ3n) is 13.1. The van der Waals surface area contributed by atoms with Crippen LogP contribution in [0.25, 0.3) is 43.8 Å². The summed E-state index contributed by atoms with van der Waals surface area (Å²) in [5.41, 5.74) is 10.7. The first-order chi connectivity index (χ1) is 36.1. The number of pyridine rings is 2. The zero-order chi connectivity index (χ0) is 51.4. The quantitative estimate of drug-likeness (QED) is 0.0888. The topological polar surface area (TPSA) is 142 Å². The summed E-state index contributed by atoms with van der Waals surface area (Å²) >= 11 is 0. The van der Waals surface area contributed by atoms with Gasteiger partial charge in [0.05, 0.1) is 54.9 Å². The van der Waals surface area contributed by atoms with Gasteiger partial charge in [-0.05, 0) is 82.3 Å². The number of urea groups is 2. The highest BCUT2D eigenvalue weighted by Crippen LogP contribution is 2.36. The maximum Gasteiger partial charge on any atom is 0.387 e. The molecule has 0 radical (unpaired) electrons. The van der Waals surface area contributed by atoms with Crippen LogP contribution < -0.4 is 26.0 Å². The lowest BCUT2D eigenvalue weighted by atomic mass is 9.97. The van der Waals surface area contributed by atoms with Crippen molar-refractivity contribution in [1.29, 1.82) is 0 Å². The zero-order valence-corrected chi connectivity index (χ0v) is 41.7. The lowest BCUT2D eigenvalue weighted by molar-refractivity contribution is -0.0493. The average Bonchev–Trinajstić information content (AvgIpc) is 3.41. The number of aromatic nitrogens is 2. The molecule has 0 aliphatic carbocycles. The van der Waals surface area contributed by atoms with Crippen molar-refractivity contribution in [3.63, 3.8) is 0 Å². The lowest BCUT2D eigenvalue weighted by Gasteiger charge is -2.26. The van der Waals surface area contributed by atoms with Gasteiger partial charge in [0.1, 0.15) is 5.75 Å². The number of amides is 4. The Morgan fingerprint density at radius 1 is 0.554 bits per heavy atom. The Hall–Kier alpha value is -7.82. The molecule has 13 nitrogen and oxygen atoms in total. The number of carbonyl (C=O) groups excluding carboxylic acids is 2. The number of anilines is 4. The molecule has 4 amide bonds. The Morgan fingerprint density at radius 3 is 1.51 bits per heavy atom. The number of rotatable bonds is 13. The fourth-order valence-electron chi connectivity index (χ4n) is 9.31. The molecule has 4 heterocycles. The minimum Gasteiger partial charge on any atom is -0.433 e. The third-order valence-corrected chi connectivity index (χ3v) is 13.1. The molecular weight excluding hydrogens is 939 g/mol. The second-order valence-electron chi connectivity index (χ2n) is 18.5. The second-order valence-corrected chi connectivity index (χ2v) is 18.5. The van der Waals surface area contributed by atoms with Crippen LogP contribution in [0.4, 0.5) is 41.1 Å². The number of hydrogen-bond acceptors (Lipinski definition) is 9. The van der Waals surface area contributed by atoms with Crippen LogP contribution in [0.5, 0.6) is 5.75 Å². The number of halogens is 2. The van der Waals surface area contributed by atoms with Crippen LogP contribution in [0.15, 0.2) is 152 Å². The number of morpholine rings is 2. The summed E-state index contributed by atoms with van der Waals surface area (Å²) in [6, 6.07) is 43.4. The van der Waals surface area contributed by atoms with Crippen molar-refractivity contribution in [2.75, 3.05) is 73.9 Å². The fourth-order valence-corrected chi connectivity index (χ4v) is 9.31. The molecular formula is C59H60F2N8O5. The molecule has 0 atom stereocenters. The van der Waals surface area contributed by atoms with E-state index in [0.717, 1.165) is 143 Å². The Bertz CT molecular complexity index is 3200.